The predicted octanol–water partition coefficient (Wildman–Crippen LogP) is 4.77. The molecule has 0 spiro atoms. The normalized spacial score (nSPS) is 11.2. The molecule has 0 aromatic heterocycles. The van der Waals surface area contributed by atoms with E-state index in [-0.39, 0.29) is 22.9 Å². The lowest BCUT2D eigenvalue weighted by molar-refractivity contribution is -0.120. The topological polar surface area (TPSA) is 49.4 Å². The van der Waals surface area contributed by atoms with Crippen LogP contribution in [0.25, 0.3) is 0 Å². The molecule has 2 aromatic rings. The fourth-order valence-electron chi connectivity index (χ4n) is 2.44. The Labute approximate surface area is 158 Å². The summed E-state index contributed by atoms with van der Waals surface area (Å²) < 4.78 is 13.2. The minimum absolute atomic E-state index is 0.00118. The molecule has 6 heteroatoms. The van der Waals surface area contributed by atoms with Crippen molar-refractivity contribution < 1.29 is 14.0 Å². The van der Waals surface area contributed by atoms with Crippen molar-refractivity contribution in [1.82, 2.24) is 0 Å². The maximum Gasteiger partial charge on any atom is 0.244 e. The number of anilines is 2. The number of carbonyl (C=O) groups is 2. The fourth-order valence-corrected chi connectivity index (χ4v) is 2.62. The first-order valence-electron chi connectivity index (χ1n) is 8.21. The highest BCUT2D eigenvalue weighted by molar-refractivity contribution is 6.31. The van der Waals surface area contributed by atoms with Gasteiger partial charge in [-0.15, -0.1) is 0 Å². The first-order chi connectivity index (χ1) is 12.1. The summed E-state index contributed by atoms with van der Waals surface area (Å²) in [6.45, 7) is 7.56. The van der Waals surface area contributed by atoms with E-state index in [1.165, 1.54) is 30.0 Å². The summed E-state index contributed by atoms with van der Waals surface area (Å²) in [4.78, 5) is 25.7. The van der Waals surface area contributed by atoms with Crippen LogP contribution < -0.4 is 10.2 Å². The highest BCUT2D eigenvalue weighted by atomic mass is 35.5. The van der Waals surface area contributed by atoms with E-state index in [1.807, 2.05) is 24.3 Å². The zero-order valence-corrected chi connectivity index (χ0v) is 16.0. The molecule has 2 amide bonds. The molecule has 0 bridgehead atoms. The van der Waals surface area contributed by atoms with Gasteiger partial charge in [0.1, 0.15) is 12.4 Å². The van der Waals surface area contributed by atoms with Crippen LogP contribution in [0.1, 0.15) is 33.3 Å². The van der Waals surface area contributed by atoms with Gasteiger partial charge in [0.2, 0.25) is 11.8 Å². The highest BCUT2D eigenvalue weighted by Crippen LogP contribution is 2.25. The van der Waals surface area contributed by atoms with Crippen LogP contribution in [0.4, 0.5) is 15.8 Å². The standard InChI is InChI=1S/C20H22ClFN2O2/c1-13(25)24(16-8-5-14(6-9-16)20(2,3)4)12-19(26)23-15-7-10-18(22)17(21)11-15/h5-11H,12H2,1-4H3,(H,23,26). The quantitative estimate of drug-likeness (QED) is 0.835. The smallest absolute Gasteiger partial charge is 0.244 e. The van der Waals surface area contributed by atoms with Crippen LogP contribution in [0.15, 0.2) is 42.5 Å². The van der Waals surface area contributed by atoms with Crippen molar-refractivity contribution in [1.29, 1.82) is 0 Å². The summed E-state index contributed by atoms with van der Waals surface area (Å²) >= 11 is 5.71. The number of hydrogen-bond acceptors (Lipinski definition) is 2. The highest BCUT2D eigenvalue weighted by Gasteiger charge is 2.18. The number of halogens is 2. The average Bonchev–Trinajstić information content (AvgIpc) is 2.55. The van der Waals surface area contributed by atoms with Crippen LogP contribution in [-0.4, -0.2) is 18.4 Å². The molecule has 0 aliphatic heterocycles. The molecule has 0 saturated heterocycles. The molecule has 0 atom stereocenters. The third kappa shape index (κ3) is 5.05. The minimum Gasteiger partial charge on any atom is -0.324 e. The Hall–Kier alpha value is -2.40. The van der Waals surface area contributed by atoms with Crippen LogP contribution in [0.2, 0.25) is 5.02 Å². The molecule has 0 aliphatic carbocycles. The maximum atomic E-state index is 13.2. The molecule has 0 aliphatic rings. The molecule has 0 saturated carbocycles. The van der Waals surface area contributed by atoms with Gasteiger partial charge in [0.05, 0.1) is 5.02 Å². The second kappa shape index (κ2) is 7.87. The van der Waals surface area contributed by atoms with Crippen molar-refractivity contribution in [3.8, 4) is 0 Å². The van der Waals surface area contributed by atoms with Gasteiger partial charge < -0.3 is 10.2 Å². The van der Waals surface area contributed by atoms with Crippen molar-refractivity contribution in [2.45, 2.75) is 33.1 Å². The zero-order chi connectivity index (χ0) is 19.5. The number of amides is 2. The number of rotatable bonds is 4. The molecule has 138 valence electrons. The molecule has 0 radical (unpaired) electrons. The summed E-state index contributed by atoms with van der Waals surface area (Å²) in [6, 6.07) is 11.5. The van der Waals surface area contributed by atoms with E-state index in [1.54, 1.807) is 0 Å². The van der Waals surface area contributed by atoms with Gasteiger partial charge in [-0.05, 0) is 41.3 Å². The van der Waals surface area contributed by atoms with E-state index in [0.29, 0.717) is 11.4 Å². The third-order valence-electron chi connectivity index (χ3n) is 3.93. The summed E-state index contributed by atoms with van der Waals surface area (Å²) in [5.41, 5.74) is 2.14. The van der Waals surface area contributed by atoms with E-state index in [0.717, 1.165) is 5.56 Å². The second-order valence-corrected chi connectivity index (χ2v) is 7.49. The third-order valence-corrected chi connectivity index (χ3v) is 4.22. The molecule has 0 unspecified atom stereocenters. The molecular weight excluding hydrogens is 355 g/mol. The van der Waals surface area contributed by atoms with Crippen LogP contribution >= 0.6 is 11.6 Å². The number of carbonyl (C=O) groups excluding carboxylic acids is 2. The fraction of sp³-hybridized carbons (Fsp3) is 0.300. The van der Waals surface area contributed by atoms with Crippen LogP contribution in [0, 0.1) is 5.82 Å². The first kappa shape index (κ1) is 19.9. The molecule has 4 nitrogen and oxygen atoms in total. The monoisotopic (exact) mass is 376 g/mol. The van der Waals surface area contributed by atoms with Crippen molar-refractivity contribution >= 4 is 34.8 Å². The first-order valence-corrected chi connectivity index (χ1v) is 8.59. The van der Waals surface area contributed by atoms with Gasteiger partial charge in [-0.3, -0.25) is 9.59 Å². The van der Waals surface area contributed by atoms with Crippen molar-refractivity contribution in [3.63, 3.8) is 0 Å². The molecule has 0 heterocycles. The lowest BCUT2D eigenvalue weighted by atomic mass is 9.87. The number of benzene rings is 2. The van der Waals surface area contributed by atoms with E-state index in [9.17, 15) is 14.0 Å². The Morgan fingerprint density at radius 2 is 1.73 bits per heavy atom. The number of hydrogen-bond donors (Lipinski definition) is 1. The summed E-state index contributed by atoms with van der Waals surface area (Å²) in [7, 11) is 0. The van der Waals surface area contributed by atoms with Crippen LogP contribution in [0.3, 0.4) is 0 Å². The van der Waals surface area contributed by atoms with Crippen molar-refractivity contribution in [2.75, 3.05) is 16.8 Å². The Bertz CT molecular complexity index is 814. The van der Waals surface area contributed by atoms with Gasteiger partial charge in [0, 0.05) is 18.3 Å². The molecule has 26 heavy (non-hydrogen) atoms. The van der Waals surface area contributed by atoms with E-state index in [4.69, 9.17) is 11.6 Å². The Balaban J connectivity index is 2.13. The van der Waals surface area contributed by atoms with Gasteiger partial charge in [0.25, 0.3) is 0 Å². The molecule has 1 N–H and O–H groups in total. The lowest BCUT2D eigenvalue weighted by Gasteiger charge is -2.23. The molecule has 2 aromatic carbocycles. The van der Waals surface area contributed by atoms with E-state index in [2.05, 4.69) is 26.1 Å². The SMILES string of the molecule is CC(=O)N(CC(=O)Nc1ccc(F)c(Cl)c1)c1ccc(C(C)(C)C)cc1. The molecule has 2 rings (SSSR count). The van der Waals surface area contributed by atoms with E-state index >= 15 is 0 Å². The minimum atomic E-state index is -0.561. The van der Waals surface area contributed by atoms with Crippen LogP contribution in [0.5, 0.6) is 0 Å². The van der Waals surface area contributed by atoms with Crippen molar-refractivity contribution in [2.24, 2.45) is 0 Å². The van der Waals surface area contributed by atoms with Gasteiger partial charge >= 0.3 is 0 Å². The average molecular weight is 377 g/mol. The predicted molar refractivity (Wildman–Crippen MR) is 103 cm³/mol. The van der Waals surface area contributed by atoms with E-state index < -0.39 is 11.7 Å². The molecule has 0 fully saturated rings. The Morgan fingerprint density at radius 3 is 2.23 bits per heavy atom. The maximum absolute atomic E-state index is 13.2. The van der Waals surface area contributed by atoms with Crippen LogP contribution in [-0.2, 0) is 15.0 Å². The Morgan fingerprint density at radius 1 is 1.12 bits per heavy atom. The van der Waals surface area contributed by atoms with Gasteiger partial charge in [0.15, 0.2) is 0 Å². The van der Waals surface area contributed by atoms with Gasteiger partial charge in [-0.25, -0.2) is 4.39 Å². The largest absolute Gasteiger partial charge is 0.324 e. The number of nitrogens with zero attached hydrogens (tertiary/aromatic N) is 1. The summed E-state index contributed by atoms with van der Waals surface area (Å²) in [6.07, 6.45) is 0. The summed E-state index contributed by atoms with van der Waals surface area (Å²) in [5.74, 6) is -1.21. The second-order valence-electron chi connectivity index (χ2n) is 7.08. The Kier molecular flexibility index (Phi) is 6.03. The number of nitrogens with one attached hydrogen (secondary N) is 1. The van der Waals surface area contributed by atoms with Gasteiger partial charge in [-0.2, -0.15) is 0 Å². The summed E-state index contributed by atoms with van der Waals surface area (Å²) in [5, 5.41) is 2.54. The van der Waals surface area contributed by atoms with Gasteiger partial charge in [-0.1, -0.05) is 44.5 Å². The van der Waals surface area contributed by atoms with Crippen molar-refractivity contribution in [3.05, 3.63) is 58.9 Å². The molecular formula is C20H22ClFN2O2. The lowest BCUT2D eigenvalue weighted by Crippen LogP contribution is -2.36. The zero-order valence-electron chi connectivity index (χ0n) is 15.3.